The fourth-order valence-electron chi connectivity index (χ4n) is 5.02. The first kappa shape index (κ1) is 24.6. The van der Waals surface area contributed by atoms with Gasteiger partial charge in [-0.1, -0.05) is 77.4 Å². The van der Waals surface area contributed by atoms with Crippen LogP contribution in [0.4, 0.5) is 5.82 Å². The first-order valence-corrected chi connectivity index (χ1v) is 13.7. The van der Waals surface area contributed by atoms with Crippen molar-refractivity contribution in [3.05, 3.63) is 82.6 Å². The molecule has 0 radical (unpaired) electrons. The highest BCUT2D eigenvalue weighted by molar-refractivity contribution is 9.10. The average Bonchev–Trinajstić information content (AvgIpc) is 3.36. The van der Waals surface area contributed by atoms with Gasteiger partial charge in [0.25, 0.3) is 11.6 Å². The Balaban J connectivity index is 1.36. The van der Waals surface area contributed by atoms with E-state index in [1.54, 1.807) is 0 Å². The summed E-state index contributed by atoms with van der Waals surface area (Å²) in [6.45, 7) is 6.84. The molecule has 3 aromatic carbocycles. The van der Waals surface area contributed by atoms with Gasteiger partial charge in [0.15, 0.2) is 0 Å². The second kappa shape index (κ2) is 10.2. The third-order valence-electron chi connectivity index (χ3n) is 6.91. The van der Waals surface area contributed by atoms with Crippen molar-refractivity contribution in [3.8, 4) is 11.3 Å². The number of carbonyl (C=O) groups is 1. The number of aromatic nitrogens is 3. The van der Waals surface area contributed by atoms with Crippen LogP contribution in [0, 0.1) is 5.92 Å². The summed E-state index contributed by atoms with van der Waals surface area (Å²) in [6, 6.07) is 22.1. The minimum atomic E-state index is 0.0427. The normalized spacial score (nSPS) is 14.1. The highest BCUT2D eigenvalue weighted by Crippen LogP contribution is 2.35. The van der Waals surface area contributed by atoms with Crippen LogP contribution in [0.2, 0.25) is 0 Å². The second-order valence-corrected chi connectivity index (χ2v) is 11.0. The van der Waals surface area contributed by atoms with E-state index >= 15 is 0 Å². The Morgan fingerprint density at radius 2 is 1.74 bits per heavy atom. The van der Waals surface area contributed by atoms with Gasteiger partial charge in [-0.15, -0.1) is 0 Å². The number of hydrogen-bond donors (Lipinski definition) is 0. The number of amides is 1. The molecule has 3 heterocycles. The topological polar surface area (TPSA) is 75.4 Å². The molecule has 0 bridgehead atoms. The summed E-state index contributed by atoms with van der Waals surface area (Å²) in [4.78, 5) is 27.0. The van der Waals surface area contributed by atoms with Crippen molar-refractivity contribution in [3.63, 3.8) is 0 Å². The van der Waals surface area contributed by atoms with Crippen molar-refractivity contribution in [2.75, 3.05) is 31.1 Å². The van der Waals surface area contributed by atoms with Gasteiger partial charge in [-0.25, -0.2) is 4.98 Å². The van der Waals surface area contributed by atoms with Gasteiger partial charge < -0.3 is 14.3 Å². The van der Waals surface area contributed by atoms with Crippen molar-refractivity contribution in [2.24, 2.45) is 5.92 Å². The summed E-state index contributed by atoms with van der Waals surface area (Å²) in [5.41, 5.74) is 2.90. The van der Waals surface area contributed by atoms with Crippen LogP contribution in [-0.4, -0.2) is 52.1 Å². The van der Waals surface area contributed by atoms with Crippen LogP contribution in [0.15, 0.2) is 75.7 Å². The molecule has 1 amide bonds. The predicted octanol–water partition coefficient (Wildman–Crippen LogP) is 6.36. The van der Waals surface area contributed by atoms with Crippen LogP contribution in [0.3, 0.4) is 0 Å². The highest BCUT2D eigenvalue weighted by atomic mass is 79.9. The smallest absolute Gasteiger partial charge is 0.263 e. The van der Waals surface area contributed by atoms with Crippen molar-refractivity contribution in [2.45, 2.75) is 20.3 Å². The molecular formula is C30H28BrN5O2. The third-order valence-corrected chi connectivity index (χ3v) is 7.41. The van der Waals surface area contributed by atoms with E-state index in [0.717, 1.165) is 44.6 Å². The van der Waals surface area contributed by atoms with Gasteiger partial charge in [-0.05, 0) is 41.0 Å². The van der Waals surface area contributed by atoms with Gasteiger partial charge in [0, 0.05) is 48.2 Å². The quantitative estimate of drug-likeness (QED) is 0.245. The van der Waals surface area contributed by atoms with Crippen LogP contribution in [0.25, 0.3) is 33.1 Å². The van der Waals surface area contributed by atoms with Gasteiger partial charge in [-0.3, -0.25) is 4.79 Å². The summed E-state index contributed by atoms with van der Waals surface area (Å²) in [5.74, 6) is 2.02. The molecule has 0 aliphatic carbocycles. The molecular weight excluding hydrogens is 542 g/mol. The molecule has 192 valence electrons. The molecule has 7 nitrogen and oxygen atoms in total. The van der Waals surface area contributed by atoms with Gasteiger partial charge >= 0.3 is 0 Å². The summed E-state index contributed by atoms with van der Waals surface area (Å²) in [6.07, 6.45) is 0.746. The van der Waals surface area contributed by atoms with Gasteiger partial charge in [0.2, 0.25) is 0 Å². The zero-order valence-electron chi connectivity index (χ0n) is 21.4. The van der Waals surface area contributed by atoms with Crippen molar-refractivity contribution >= 4 is 49.5 Å². The number of benzene rings is 3. The van der Waals surface area contributed by atoms with Gasteiger partial charge in [-0.2, -0.15) is 4.98 Å². The van der Waals surface area contributed by atoms with E-state index in [0.29, 0.717) is 43.4 Å². The lowest BCUT2D eigenvalue weighted by Crippen LogP contribution is -2.49. The Kier molecular flexibility index (Phi) is 6.57. The van der Waals surface area contributed by atoms with E-state index in [1.807, 2.05) is 41.3 Å². The number of carbonyl (C=O) groups excluding carboxylic acids is 1. The van der Waals surface area contributed by atoms with Crippen LogP contribution < -0.4 is 4.90 Å². The lowest BCUT2D eigenvalue weighted by atomic mass is 10.0. The second-order valence-electron chi connectivity index (χ2n) is 10.1. The number of halogens is 1. The summed E-state index contributed by atoms with van der Waals surface area (Å²) in [5, 5.41) is 7.60. The SMILES string of the molecule is CC(C)Cc1nc(N2CCN(C(=O)c3cccc(Br)c3)CC2)c2c(-c3ccc4ccccc4c3)noc2n1. The number of nitrogens with zero attached hydrogens (tertiary/aromatic N) is 5. The van der Waals surface area contributed by atoms with Crippen molar-refractivity contribution in [1.82, 2.24) is 20.0 Å². The maximum absolute atomic E-state index is 13.1. The Morgan fingerprint density at radius 3 is 2.50 bits per heavy atom. The molecule has 0 spiro atoms. The highest BCUT2D eigenvalue weighted by Gasteiger charge is 2.28. The fourth-order valence-corrected chi connectivity index (χ4v) is 5.42. The lowest BCUT2D eigenvalue weighted by Gasteiger charge is -2.35. The molecule has 0 atom stereocenters. The Labute approximate surface area is 229 Å². The molecule has 6 rings (SSSR count). The molecule has 1 saturated heterocycles. The van der Waals surface area contributed by atoms with Crippen LogP contribution >= 0.6 is 15.9 Å². The number of fused-ring (bicyclic) bond motifs is 2. The Bertz CT molecular complexity index is 1640. The Morgan fingerprint density at radius 1 is 0.947 bits per heavy atom. The molecule has 5 aromatic rings. The minimum absolute atomic E-state index is 0.0427. The summed E-state index contributed by atoms with van der Waals surface area (Å²) < 4.78 is 6.70. The van der Waals surface area contributed by atoms with Crippen molar-refractivity contribution in [1.29, 1.82) is 0 Å². The maximum Gasteiger partial charge on any atom is 0.263 e. The zero-order chi connectivity index (χ0) is 26.2. The standard InChI is InChI=1S/C30H28BrN5O2/c1-19(2)16-25-32-28(35-12-14-36(15-13-35)30(37)23-8-5-9-24(31)18-23)26-27(34-38-29(26)33-25)22-11-10-20-6-3-4-7-21(20)17-22/h3-11,17-19H,12-16H2,1-2H3. The molecule has 0 N–H and O–H groups in total. The van der Waals surface area contributed by atoms with E-state index in [1.165, 1.54) is 5.39 Å². The molecule has 2 aromatic heterocycles. The monoisotopic (exact) mass is 569 g/mol. The third kappa shape index (κ3) is 4.76. The molecule has 1 fully saturated rings. The van der Waals surface area contributed by atoms with Crippen molar-refractivity contribution < 1.29 is 9.32 Å². The van der Waals surface area contributed by atoms with Gasteiger partial charge in [0.1, 0.15) is 22.7 Å². The van der Waals surface area contributed by atoms with Crippen LogP contribution in [-0.2, 0) is 6.42 Å². The average molecular weight is 570 g/mol. The minimum Gasteiger partial charge on any atom is -0.352 e. The van der Waals surface area contributed by atoms with Crippen LogP contribution in [0.5, 0.6) is 0 Å². The molecule has 1 aliphatic heterocycles. The van der Waals surface area contributed by atoms with E-state index < -0.39 is 0 Å². The number of piperazine rings is 1. The first-order valence-electron chi connectivity index (χ1n) is 12.9. The first-order chi connectivity index (χ1) is 18.5. The fraction of sp³-hybridized carbons (Fsp3) is 0.267. The van der Waals surface area contributed by atoms with E-state index in [4.69, 9.17) is 14.5 Å². The molecule has 8 heteroatoms. The number of hydrogen-bond acceptors (Lipinski definition) is 6. The molecule has 0 unspecified atom stereocenters. The summed E-state index contributed by atoms with van der Waals surface area (Å²) >= 11 is 3.47. The van der Waals surface area contributed by atoms with E-state index in [-0.39, 0.29) is 5.91 Å². The van der Waals surface area contributed by atoms with E-state index in [9.17, 15) is 4.79 Å². The summed E-state index contributed by atoms with van der Waals surface area (Å²) in [7, 11) is 0. The number of rotatable bonds is 5. The van der Waals surface area contributed by atoms with Crippen LogP contribution in [0.1, 0.15) is 30.0 Å². The predicted molar refractivity (Wildman–Crippen MR) is 153 cm³/mol. The molecule has 1 aliphatic rings. The maximum atomic E-state index is 13.1. The lowest BCUT2D eigenvalue weighted by molar-refractivity contribution is 0.0746. The molecule has 0 saturated carbocycles. The zero-order valence-corrected chi connectivity index (χ0v) is 23.0. The Hall–Kier alpha value is -3.78. The molecule has 38 heavy (non-hydrogen) atoms. The largest absolute Gasteiger partial charge is 0.352 e. The van der Waals surface area contributed by atoms with E-state index in [2.05, 4.69) is 70.2 Å². The number of anilines is 1. The van der Waals surface area contributed by atoms with Gasteiger partial charge in [0.05, 0.1) is 0 Å².